The zero-order chi connectivity index (χ0) is 27.6. The summed E-state index contributed by atoms with van der Waals surface area (Å²) in [6.07, 6.45) is 3.71. The quantitative estimate of drug-likeness (QED) is 0.158. The number of ether oxygens (including phenoxy) is 3. The minimum Gasteiger partial charge on any atom is -0.491 e. The van der Waals surface area contributed by atoms with Crippen LogP contribution in [0, 0.1) is 0 Å². The minimum absolute atomic E-state index is 0.0154. The highest BCUT2D eigenvalue weighted by Gasteiger charge is 2.53. The van der Waals surface area contributed by atoms with Crippen molar-refractivity contribution in [1.29, 1.82) is 0 Å². The Labute approximate surface area is 231 Å². The van der Waals surface area contributed by atoms with E-state index in [2.05, 4.69) is 5.32 Å². The molecule has 0 heterocycles. The van der Waals surface area contributed by atoms with E-state index in [-0.39, 0.29) is 25.2 Å². The van der Waals surface area contributed by atoms with E-state index in [0.717, 1.165) is 30.6 Å². The van der Waals surface area contributed by atoms with E-state index in [9.17, 15) is 14.6 Å². The molecule has 1 aliphatic rings. The molecule has 4 rings (SSSR count). The second-order valence-corrected chi connectivity index (χ2v) is 12.8. The molecule has 0 spiro atoms. The largest absolute Gasteiger partial charge is 0.491 e. The Morgan fingerprint density at radius 2 is 1.46 bits per heavy atom. The summed E-state index contributed by atoms with van der Waals surface area (Å²) >= 11 is 0. The molecule has 1 aliphatic carbocycles. The molecule has 0 aliphatic heterocycles. The first-order chi connectivity index (χ1) is 18.9. The average molecular weight is 554 g/mol. The van der Waals surface area contributed by atoms with Crippen molar-refractivity contribution in [3.63, 3.8) is 0 Å². The molecule has 3 atom stereocenters. The molecule has 3 aromatic carbocycles. The van der Waals surface area contributed by atoms with Gasteiger partial charge in [-0.15, -0.1) is 0 Å². The van der Waals surface area contributed by atoms with Gasteiger partial charge in [0, 0.05) is 18.6 Å². The van der Waals surface area contributed by atoms with Gasteiger partial charge in [0.15, 0.2) is 0 Å². The van der Waals surface area contributed by atoms with Crippen LogP contribution in [0.3, 0.4) is 0 Å². The second kappa shape index (κ2) is 14.0. The summed E-state index contributed by atoms with van der Waals surface area (Å²) in [5, 5.41) is 13.9. The van der Waals surface area contributed by atoms with Gasteiger partial charge in [-0.1, -0.05) is 74.7 Å². The number of hydrogen-bond acceptors (Lipinski definition) is 6. The van der Waals surface area contributed by atoms with Crippen LogP contribution in [0.4, 0.5) is 0 Å². The maximum Gasteiger partial charge on any atom is 0.260 e. The zero-order valence-corrected chi connectivity index (χ0v) is 23.5. The standard InChI is InChI=1S/C31H40NO6P/c1-2-31(38-29-14-8-4-9-15-29,39(34,35)30-16-10-5-11-17-30)32-22-26(33)24-37-28-20-18-27(19-21-28)36-23-25-12-6-3-7-13-25/h3-4,6-9,12-15,18-21,26,30,32-33H,2,5,10-11,16-17,22-24H2,1H3,(H,34,35). The fourth-order valence-electron chi connectivity index (χ4n) is 4.95. The Balaban J connectivity index is 1.35. The SMILES string of the molecule is CCC(NCC(O)COc1ccc(OCc2ccccc2)cc1)(Oc1ccccc1)P(=O)(O)C1CCCCC1. The molecule has 0 bridgehead atoms. The van der Waals surface area contributed by atoms with E-state index in [1.165, 1.54) is 0 Å². The first kappa shape index (κ1) is 29.2. The van der Waals surface area contributed by atoms with Gasteiger partial charge in [-0.05, 0) is 54.8 Å². The van der Waals surface area contributed by atoms with Crippen molar-refractivity contribution in [3.05, 3.63) is 90.5 Å². The van der Waals surface area contributed by atoms with Crippen LogP contribution in [0.25, 0.3) is 0 Å². The first-order valence-corrected chi connectivity index (χ1v) is 15.5. The van der Waals surface area contributed by atoms with Gasteiger partial charge >= 0.3 is 0 Å². The lowest BCUT2D eigenvalue weighted by atomic mass is 10.0. The predicted molar refractivity (Wildman–Crippen MR) is 154 cm³/mol. The fourth-order valence-corrected chi connectivity index (χ4v) is 7.61. The van der Waals surface area contributed by atoms with Crippen LogP contribution in [0.15, 0.2) is 84.9 Å². The third-order valence-corrected chi connectivity index (χ3v) is 10.3. The number of aliphatic hydroxyl groups is 1. The van der Waals surface area contributed by atoms with Gasteiger partial charge < -0.3 is 24.2 Å². The Morgan fingerprint density at radius 3 is 2.08 bits per heavy atom. The molecule has 210 valence electrons. The summed E-state index contributed by atoms with van der Waals surface area (Å²) in [6.45, 7) is 2.37. The van der Waals surface area contributed by atoms with Crippen molar-refractivity contribution in [2.45, 2.75) is 69.3 Å². The molecule has 0 amide bonds. The predicted octanol–water partition coefficient (Wildman–Crippen LogP) is 6.34. The van der Waals surface area contributed by atoms with Crippen molar-refractivity contribution in [2.24, 2.45) is 0 Å². The molecule has 3 aromatic rings. The van der Waals surface area contributed by atoms with Crippen LogP contribution in [-0.4, -0.2) is 40.4 Å². The van der Waals surface area contributed by atoms with Crippen molar-refractivity contribution >= 4 is 7.37 Å². The molecule has 39 heavy (non-hydrogen) atoms. The van der Waals surface area contributed by atoms with E-state index in [1.807, 2.05) is 67.6 Å². The van der Waals surface area contributed by atoms with E-state index < -0.39 is 18.9 Å². The van der Waals surface area contributed by atoms with Crippen LogP contribution in [-0.2, 0) is 11.2 Å². The van der Waals surface area contributed by atoms with Crippen molar-refractivity contribution in [2.75, 3.05) is 13.2 Å². The maximum atomic E-state index is 14.0. The third-order valence-electron chi connectivity index (χ3n) is 7.22. The number of nitrogens with one attached hydrogen (secondary N) is 1. The molecule has 3 N–H and O–H groups in total. The summed E-state index contributed by atoms with van der Waals surface area (Å²) in [4.78, 5) is 11.5. The van der Waals surface area contributed by atoms with Gasteiger partial charge in [0.1, 0.15) is 36.6 Å². The normalized spacial score (nSPS) is 17.9. The molecule has 1 fully saturated rings. The summed E-state index contributed by atoms with van der Waals surface area (Å²) in [6, 6.07) is 26.3. The lowest BCUT2D eigenvalue weighted by Crippen LogP contribution is -2.54. The lowest BCUT2D eigenvalue weighted by molar-refractivity contribution is 0.0545. The Morgan fingerprint density at radius 1 is 0.872 bits per heavy atom. The van der Waals surface area contributed by atoms with Crippen molar-refractivity contribution < 1.29 is 28.8 Å². The number of benzene rings is 3. The van der Waals surface area contributed by atoms with E-state index >= 15 is 0 Å². The molecule has 8 heteroatoms. The number of hydrogen-bond donors (Lipinski definition) is 3. The molecule has 3 unspecified atom stereocenters. The van der Waals surface area contributed by atoms with E-state index in [1.54, 1.807) is 24.3 Å². The molecule has 7 nitrogen and oxygen atoms in total. The molecule has 0 saturated heterocycles. The van der Waals surface area contributed by atoms with Crippen LogP contribution < -0.4 is 19.5 Å². The van der Waals surface area contributed by atoms with Gasteiger partial charge in [-0.2, -0.15) is 0 Å². The van der Waals surface area contributed by atoms with E-state index in [0.29, 0.717) is 30.9 Å². The third kappa shape index (κ3) is 7.86. The topological polar surface area (TPSA) is 97.3 Å². The summed E-state index contributed by atoms with van der Waals surface area (Å²) in [7, 11) is -3.84. The van der Waals surface area contributed by atoms with Crippen LogP contribution in [0.1, 0.15) is 51.0 Å². The monoisotopic (exact) mass is 553 g/mol. The van der Waals surface area contributed by atoms with Gasteiger partial charge in [-0.25, -0.2) is 0 Å². The molecule has 0 aromatic heterocycles. The summed E-state index contributed by atoms with van der Waals surface area (Å²) < 4.78 is 31.9. The van der Waals surface area contributed by atoms with Crippen molar-refractivity contribution in [1.82, 2.24) is 5.32 Å². The van der Waals surface area contributed by atoms with E-state index in [4.69, 9.17) is 14.2 Å². The second-order valence-electron chi connectivity index (χ2n) is 10.1. The molecular weight excluding hydrogens is 513 g/mol. The fraction of sp³-hybridized carbons (Fsp3) is 0.419. The maximum absolute atomic E-state index is 14.0. The van der Waals surface area contributed by atoms with Gasteiger partial charge in [-0.3, -0.25) is 9.88 Å². The minimum atomic E-state index is -3.84. The van der Waals surface area contributed by atoms with Crippen LogP contribution in [0.2, 0.25) is 0 Å². The highest BCUT2D eigenvalue weighted by atomic mass is 31.2. The Kier molecular flexibility index (Phi) is 10.5. The summed E-state index contributed by atoms with van der Waals surface area (Å²) in [5.41, 5.74) is -0.753. The number of rotatable bonds is 14. The van der Waals surface area contributed by atoms with Crippen LogP contribution >= 0.6 is 7.37 Å². The Bertz CT molecular complexity index is 1170. The van der Waals surface area contributed by atoms with Gasteiger partial charge in [0.2, 0.25) is 5.47 Å². The van der Waals surface area contributed by atoms with Crippen LogP contribution in [0.5, 0.6) is 17.2 Å². The summed E-state index contributed by atoms with van der Waals surface area (Å²) in [5.74, 6) is 1.83. The highest BCUT2D eigenvalue weighted by Crippen LogP contribution is 2.62. The smallest absolute Gasteiger partial charge is 0.260 e. The van der Waals surface area contributed by atoms with Gasteiger partial charge in [0.05, 0.1) is 0 Å². The number of para-hydroxylation sites is 1. The molecule has 0 radical (unpaired) electrons. The van der Waals surface area contributed by atoms with Crippen molar-refractivity contribution in [3.8, 4) is 17.2 Å². The molecular formula is C31H40NO6P. The Hall–Kier alpha value is -2.83. The highest BCUT2D eigenvalue weighted by molar-refractivity contribution is 7.60. The first-order valence-electron chi connectivity index (χ1n) is 13.8. The average Bonchev–Trinajstić information content (AvgIpc) is 2.99. The number of aliphatic hydroxyl groups excluding tert-OH is 1. The van der Waals surface area contributed by atoms with Gasteiger partial charge in [0.25, 0.3) is 7.37 Å². The zero-order valence-electron chi connectivity index (χ0n) is 22.6. The molecule has 1 saturated carbocycles. The lowest BCUT2D eigenvalue weighted by Gasteiger charge is -2.42.